The van der Waals surface area contributed by atoms with Gasteiger partial charge in [-0.1, -0.05) is 0 Å². The van der Waals surface area contributed by atoms with Crippen LogP contribution in [0.1, 0.15) is 72.6 Å². The quantitative estimate of drug-likeness (QED) is 0.178. The molecular weight excluding hydrogens is 291 g/mol. The van der Waals surface area contributed by atoms with E-state index in [4.69, 9.17) is 4.74 Å². The molecule has 0 atom stereocenters. The van der Waals surface area contributed by atoms with Crippen LogP contribution in [0, 0.1) is 0 Å². The van der Waals surface area contributed by atoms with Gasteiger partial charge in [-0.25, -0.2) is 0 Å². The van der Waals surface area contributed by atoms with E-state index in [9.17, 15) is 4.79 Å². The minimum absolute atomic E-state index is 0.233. The Labute approximate surface area is 139 Å². The van der Waals surface area contributed by atoms with Crippen molar-refractivity contribution < 1.29 is 9.53 Å². The van der Waals surface area contributed by atoms with Crippen LogP contribution in [0.3, 0.4) is 0 Å². The molecule has 0 bridgehead atoms. The third kappa shape index (κ3) is 9.62. The Kier molecular flexibility index (Phi) is 12.9. The maximum atomic E-state index is 11.5. The zero-order valence-corrected chi connectivity index (χ0v) is 16.5. The van der Waals surface area contributed by atoms with Crippen molar-refractivity contribution in [3.8, 4) is 0 Å². The number of hydrogen-bond donors (Lipinski definition) is 0. The molecule has 0 radical (unpaired) electrons. The van der Waals surface area contributed by atoms with Crippen molar-refractivity contribution in [1.29, 1.82) is 0 Å². The fourth-order valence-corrected chi connectivity index (χ4v) is 8.85. The van der Waals surface area contributed by atoms with Crippen LogP contribution in [0.2, 0.25) is 0 Å². The molecule has 22 heavy (non-hydrogen) atoms. The molecule has 2 nitrogen and oxygen atoms in total. The van der Waals surface area contributed by atoms with Crippen LogP contribution >= 0.6 is 7.26 Å². The molecule has 0 aromatic rings. The fraction of sp³-hybridized carbons (Fsp3) is 0.842. The molecule has 0 N–H and O–H groups in total. The summed E-state index contributed by atoms with van der Waals surface area (Å²) in [6.45, 7) is 12.8. The van der Waals surface area contributed by atoms with Crippen LogP contribution < -0.4 is 0 Å². The molecule has 0 aromatic carbocycles. The molecule has 0 rings (SSSR count). The number of hydrogen-bond acceptors (Lipinski definition) is 2. The molecule has 0 aromatic heterocycles. The second kappa shape index (κ2) is 13.1. The first-order valence-electron chi connectivity index (χ1n) is 9.34. The van der Waals surface area contributed by atoms with Crippen LogP contribution in [-0.4, -0.2) is 37.2 Å². The maximum absolute atomic E-state index is 11.5. The van der Waals surface area contributed by atoms with Crippen molar-refractivity contribution in [3.05, 3.63) is 12.2 Å². The zero-order chi connectivity index (χ0) is 16.8. The zero-order valence-electron chi connectivity index (χ0n) is 15.5. The Morgan fingerprint density at radius 2 is 1.27 bits per heavy atom. The summed E-state index contributed by atoms with van der Waals surface area (Å²) >= 11 is 0. The van der Waals surface area contributed by atoms with Gasteiger partial charge in [-0.3, -0.25) is 0 Å². The second-order valence-corrected chi connectivity index (χ2v) is 11.8. The summed E-state index contributed by atoms with van der Waals surface area (Å²) < 4.78 is 5.30. The van der Waals surface area contributed by atoms with Gasteiger partial charge in [0.1, 0.15) is 0 Å². The van der Waals surface area contributed by atoms with E-state index in [1.165, 1.54) is 63.2 Å². The molecule has 0 aliphatic rings. The molecule has 0 saturated heterocycles. The van der Waals surface area contributed by atoms with Crippen LogP contribution in [0.4, 0.5) is 0 Å². The van der Waals surface area contributed by atoms with Gasteiger partial charge in [-0.05, 0) is 0 Å². The molecule has 132 valence electrons. The van der Waals surface area contributed by atoms with E-state index < -0.39 is 7.26 Å². The van der Waals surface area contributed by atoms with Gasteiger partial charge in [0.25, 0.3) is 0 Å². The van der Waals surface area contributed by atoms with Gasteiger partial charge in [0.15, 0.2) is 0 Å². The van der Waals surface area contributed by atoms with Gasteiger partial charge in [0.05, 0.1) is 0 Å². The van der Waals surface area contributed by atoms with Gasteiger partial charge in [0, 0.05) is 0 Å². The Balaban J connectivity index is 4.50. The van der Waals surface area contributed by atoms with Crippen LogP contribution in [0.25, 0.3) is 0 Å². The Bertz CT molecular complexity index is 291. The molecule has 0 spiro atoms. The van der Waals surface area contributed by atoms with E-state index in [-0.39, 0.29) is 5.97 Å². The van der Waals surface area contributed by atoms with Crippen molar-refractivity contribution in [1.82, 2.24) is 0 Å². The average molecular weight is 330 g/mol. The number of ether oxygens (including phenoxy) is 1. The number of carbonyl (C=O) groups is 1. The van der Waals surface area contributed by atoms with E-state index >= 15 is 0 Å². The van der Waals surface area contributed by atoms with Crippen LogP contribution in [0.15, 0.2) is 12.2 Å². The molecule has 0 amide bonds. The van der Waals surface area contributed by atoms with E-state index in [1.807, 2.05) is 0 Å². The molecule has 3 heteroatoms. The van der Waals surface area contributed by atoms with Crippen molar-refractivity contribution >= 4 is 13.2 Å². The molecule has 0 heterocycles. The van der Waals surface area contributed by atoms with E-state index in [1.54, 1.807) is 6.92 Å². The normalized spacial score (nSPS) is 12.2. The van der Waals surface area contributed by atoms with Crippen LogP contribution in [0.5, 0.6) is 0 Å². The Hall–Kier alpha value is -0.360. The third-order valence-electron chi connectivity index (χ3n) is 4.62. The number of esters is 1. The molecule has 0 saturated carbocycles. The van der Waals surface area contributed by atoms with Gasteiger partial charge >= 0.3 is 139 Å². The molecule has 0 aliphatic heterocycles. The third-order valence-corrected chi connectivity index (χ3v) is 10.3. The van der Waals surface area contributed by atoms with Gasteiger partial charge in [-0.2, -0.15) is 0 Å². The van der Waals surface area contributed by atoms with Gasteiger partial charge < -0.3 is 0 Å². The van der Waals surface area contributed by atoms with Crippen LogP contribution in [-0.2, 0) is 9.53 Å². The first-order chi connectivity index (χ1) is 10.5. The topological polar surface area (TPSA) is 26.3 Å². The summed E-state index contributed by atoms with van der Waals surface area (Å²) in [6, 6.07) is 0. The summed E-state index contributed by atoms with van der Waals surface area (Å²) in [5.74, 6) is -0.233. The summed E-state index contributed by atoms with van der Waals surface area (Å²) in [6.07, 6.45) is 14.8. The van der Waals surface area contributed by atoms with Crippen molar-refractivity contribution in [2.24, 2.45) is 0 Å². The SMILES string of the molecule is C=C(C)C(=O)OCCC[PH](CCCC)(CCCC)CCCC. The van der Waals surface area contributed by atoms with Gasteiger partial charge in [0.2, 0.25) is 0 Å². The standard InChI is InChI=1S/C19H39O2P/c1-6-9-14-22(15-10-7-2,16-11-8-3)17-12-13-21-19(20)18(4)5/h22H,4,6-17H2,1-3,5H3. The Morgan fingerprint density at radius 3 is 1.64 bits per heavy atom. The number of rotatable bonds is 14. The Morgan fingerprint density at radius 1 is 0.864 bits per heavy atom. The molecule has 0 fully saturated rings. The van der Waals surface area contributed by atoms with Crippen molar-refractivity contribution in [3.63, 3.8) is 0 Å². The van der Waals surface area contributed by atoms with Crippen molar-refractivity contribution in [2.75, 3.05) is 31.3 Å². The first-order valence-corrected chi connectivity index (χ1v) is 12.2. The number of unbranched alkanes of at least 4 members (excludes halogenated alkanes) is 3. The fourth-order valence-electron chi connectivity index (χ4n) is 3.14. The van der Waals surface area contributed by atoms with E-state index in [0.717, 1.165) is 6.42 Å². The minimum atomic E-state index is -1.17. The number of carbonyl (C=O) groups excluding carboxylic acids is 1. The summed E-state index contributed by atoms with van der Waals surface area (Å²) in [7, 11) is -1.17. The second-order valence-electron chi connectivity index (χ2n) is 6.83. The summed E-state index contributed by atoms with van der Waals surface area (Å²) in [4.78, 5) is 11.5. The molecule has 0 unspecified atom stereocenters. The van der Waals surface area contributed by atoms with E-state index in [0.29, 0.717) is 12.2 Å². The summed E-state index contributed by atoms with van der Waals surface area (Å²) in [5.41, 5.74) is 0.506. The summed E-state index contributed by atoms with van der Waals surface area (Å²) in [5, 5.41) is 0. The predicted molar refractivity (Wildman–Crippen MR) is 103 cm³/mol. The predicted octanol–water partition coefficient (Wildman–Crippen LogP) is 5.65. The molecule has 0 aliphatic carbocycles. The molecular formula is C19H39O2P. The monoisotopic (exact) mass is 330 g/mol. The average Bonchev–Trinajstić information content (AvgIpc) is 2.52. The van der Waals surface area contributed by atoms with Crippen molar-refractivity contribution in [2.45, 2.75) is 72.6 Å². The van der Waals surface area contributed by atoms with E-state index in [2.05, 4.69) is 27.4 Å². The van der Waals surface area contributed by atoms with Gasteiger partial charge in [-0.15, -0.1) is 0 Å². The first kappa shape index (κ1) is 21.6.